The summed E-state index contributed by atoms with van der Waals surface area (Å²) in [7, 11) is 0. The molecule has 0 saturated carbocycles. The molecule has 0 saturated heterocycles. The summed E-state index contributed by atoms with van der Waals surface area (Å²) in [5.74, 6) is 0. The van der Waals surface area contributed by atoms with E-state index < -0.39 is 5.09 Å². The molecule has 0 fully saturated rings. The van der Waals surface area contributed by atoms with Crippen molar-refractivity contribution in [3.05, 3.63) is 10.1 Å². The number of rotatable bonds is 0. The van der Waals surface area contributed by atoms with Crippen LogP contribution in [-0.2, 0) is 0 Å². The van der Waals surface area contributed by atoms with E-state index in [9.17, 15) is 0 Å². The molecule has 0 radical (unpaired) electrons. The van der Waals surface area contributed by atoms with E-state index in [0.717, 1.165) is 0 Å². The molecule has 0 aliphatic rings. The number of hydrogen-bond acceptors (Lipinski definition) is 2. The zero-order chi connectivity index (χ0) is 3.58. The zero-order valence-electron chi connectivity index (χ0n) is 7.13. The normalized spacial score (nSPS) is 4.00. The van der Waals surface area contributed by atoms with E-state index in [0.29, 0.717) is 0 Å². The van der Waals surface area contributed by atoms with Gasteiger partial charge < -0.3 is 10.9 Å². The first-order valence-electron chi connectivity index (χ1n) is 0.565. The van der Waals surface area contributed by atoms with Crippen LogP contribution in [0.5, 0.6) is 0 Å². The molecule has 0 bridgehead atoms. The molecule has 0 heterocycles. The Morgan fingerprint density at radius 1 is 1.83 bits per heavy atom. The molecular formula is H5BaMgNO3. The van der Waals surface area contributed by atoms with Gasteiger partial charge in [-0.05, 0) is 0 Å². The Morgan fingerprint density at radius 3 is 1.83 bits per heavy atom. The molecule has 6 heteroatoms. The summed E-state index contributed by atoms with van der Waals surface area (Å²) < 4.78 is 0. The average Bonchev–Trinajstić information content (AvgIpc) is 0.811. The first-order chi connectivity index (χ1) is 1.73. The van der Waals surface area contributed by atoms with Crippen molar-refractivity contribution >= 4 is 71.9 Å². The maximum atomic E-state index is 8.36. The minimum atomic E-state index is -1.50. The third-order valence-corrected chi connectivity index (χ3v) is 0. The molecule has 0 aromatic rings. The Labute approximate surface area is 96.6 Å². The Kier molecular flexibility index (Phi) is 25.4. The van der Waals surface area contributed by atoms with E-state index in [1.807, 2.05) is 0 Å². The van der Waals surface area contributed by atoms with Gasteiger partial charge in [0.15, 0.2) is 0 Å². The van der Waals surface area contributed by atoms with E-state index in [1.165, 1.54) is 0 Å². The fourth-order valence-electron chi connectivity index (χ4n) is 0. The molecule has 0 rings (SSSR count). The fourth-order valence-corrected chi connectivity index (χ4v) is 0. The third-order valence-electron chi connectivity index (χ3n) is 0. The third kappa shape index (κ3) is 48.2. The minimum absolute atomic E-state index is 0. The molecule has 0 aliphatic heterocycles. The van der Waals surface area contributed by atoms with Gasteiger partial charge in [0, 0.05) is 0 Å². The standard InChI is InChI=1S/Ba.Mg.HNO3.4H/c;;2-1(3)4;;;;/h;;(H,2,3,4);;;;/q2*+2;;4*-1. The molecule has 0 amide bonds. The number of nitrogens with zero attached hydrogens (tertiary/aromatic N) is 1. The zero-order valence-corrected chi connectivity index (χ0v) is 8.98. The van der Waals surface area contributed by atoms with Crippen LogP contribution in [0.2, 0.25) is 0 Å². The second-order valence-corrected chi connectivity index (χ2v) is 0.238. The van der Waals surface area contributed by atoms with Crippen molar-refractivity contribution in [3.63, 3.8) is 0 Å². The van der Waals surface area contributed by atoms with E-state index in [1.54, 1.807) is 0 Å². The Bertz CT molecular complexity index is 43.5. The van der Waals surface area contributed by atoms with Gasteiger partial charge in [0.2, 0.25) is 0 Å². The number of hydrogen-bond donors (Lipinski definition) is 1. The second kappa shape index (κ2) is 9.74. The first kappa shape index (κ1) is 15.6. The minimum Gasteiger partial charge on any atom is -1.00 e. The van der Waals surface area contributed by atoms with Crippen molar-refractivity contribution in [2.24, 2.45) is 0 Å². The van der Waals surface area contributed by atoms with E-state index in [-0.39, 0.29) is 77.6 Å². The molecule has 6 heavy (non-hydrogen) atoms. The maximum absolute atomic E-state index is 8.36. The van der Waals surface area contributed by atoms with Crippen molar-refractivity contribution < 1.29 is 16.0 Å². The Balaban J connectivity index is -0.00000000300. The van der Waals surface area contributed by atoms with Gasteiger partial charge in [0.05, 0.1) is 0 Å². The van der Waals surface area contributed by atoms with E-state index >= 15 is 0 Å². The smallest absolute Gasteiger partial charge is 1.00 e. The fraction of sp³-hybridized carbons (Fsp3) is 0. The maximum Gasteiger partial charge on any atom is 2.00 e. The van der Waals surface area contributed by atoms with Crippen LogP contribution >= 0.6 is 0 Å². The van der Waals surface area contributed by atoms with Crippen LogP contribution in [0.4, 0.5) is 0 Å². The summed E-state index contributed by atoms with van der Waals surface area (Å²) in [6, 6.07) is 0. The molecule has 0 aliphatic carbocycles. The van der Waals surface area contributed by atoms with Gasteiger partial charge >= 0.3 is 71.9 Å². The predicted molar refractivity (Wildman–Crippen MR) is 24.7 cm³/mol. The van der Waals surface area contributed by atoms with Crippen molar-refractivity contribution in [2.75, 3.05) is 0 Å². The van der Waals surface area contributed by atoms with Gasteiger partial charge in [0.25, 0.3) is 5.09 Å². The summed E-state index contributed by atoms with van der Waals surface area (Å²) in [6.45, 7) is 0. The quantitative estimate of drug-likeness (QED) is 0.340. The summed E-state index contributed by atoms with van der Waals surface area (Å²) >= 11 is 0. The van der Waals surface area contributed by atoms with Crippen LogP contribution in [0, 0.1) is 10.1 Å². The van der Waals surface area contributed by atoms with Crippen LogP contribution in [0.1, 0.15) is 5.71 Å². The van der Waals surface area contributed by atoms with Gasteiger partial charge in [-0.2, -0.15) is 0 Å². The van der Waals surface area contributed by atoms with Crippen molar-refractivity contribution in [3.8, 4) is 0 Å². The molecule has 0 aromatic carbocycles. The molecule has 0 unspecified atom stereocenters. The van der Waals surface area contributed by atoms with Crippen LogP contribution < -0.4 is 0 Å². The van der Waals surface area contributed by atoms with Gasteiger partial charge in [0.1, 0.15) is 0 Å². The predicted octanol–water partition coefficient (Wildman–Crippen LogP) is -0.659. The average molecular weight is 229 g/mol. The summed E-state index contributed by atoms with van der Waals surface area (Å²) in [4.78, 5) is 8.36. The molecule has 0 spiro atoms. The SMILES string of the molecule is O=[N+]([O-])O.[Ba+2].[H-].[H-].[H-].[H-].[Mg+2]. The Hall–Kier alpha value is 1.54. The van der Waals surface area contributed by atoms with Crippen LogP contribution in [0.3, 0.4) is 0 Å². The molecular weight excluding hydrogens is 224 g/mol. The Morgan fingerprint density at radius 2 is 1.83 bits per heavy atom. The summed E-state index contributed by atoms with van der Waals surface area (Å²) in [6.07, 6.45) is 0. The van der Waals surface area contributed by atoms with Gasteiger partial charge in [-0.1, -0.05) is 0 Å². The monoisotopic (exact) mass is 229 g/mol. The van der Waals surface area contributed by atoms with E-state index in [2.05, 4.69) is 0 Å². The van der Waals surface area contributed by atoms with Crippen molar-refractivity contribution in [2.45, 2.75) is 0 Å². The summed E-state index contributed by atoms with van der Waals surface area (Å²) in [5, 5.41) is 13.6. The topological polar surface area (TPSA) is 63.4 Å². The van der Waals surface area contributed by atoms with Crippen LogP contribution in [0.25, 0.3) is 0 Å². The van der Waals surface area contributed by atoms with Gasteiger partial charge in [-0.3, -0.25) is 0 Å². The van der Waals surface area contributed by atoms with Crippen LogP contribution in [-0.4, -0.2) is 82.2 Å². The van der Waals surface area contributed by atoms with Gasteiger partial charge in [-0.15, -0.1) is 10.1 Å². The molecule has 0 atom stereocenters. The molecule has 0 aromatic heterocycles. The summed E-state index contributed by atoms with van der Waals surface area (Å²) in [5.41, 5.74) is 0. The van der Waals surface area contributed by atoms with E-state index in [4.69, 9.17) is 15.3 Å². The molecule has 1 N–H and O–H groups in total. The second-order valence-electron chi connectivity index (χ2n) is 0.238. The largest absolute Gasteiger partial charge is 2.00 e. The van der Waals surface area contributed by atoms with Crippen molar-refractivity contribution in [1.82, 2.24) is 0 Å². The molecule has 32 valence electrons. The van der Waals surface area contributed by atoms with Gasteiger partial charge in [-0.25, -0.2) is 0 Å². The van der Waals surface area contributed by atoms with Crippen LogP contribution in [0.15, 0.2) is 0 Å². The first-order valence-corrected chi connectivity index (χ1v) is 0.565. The van der Waals surface area contributed by atoms with Crippen molar-refractivity contribution in [1.29, 1.82) is 0 Å². The molecule has 4 nitrogen and oxygen atoms in total.